The van der Waals surface area contributed by atoms with E-state index in [1.54, 1.807) is 0 Å². The van der Waals surface area contributed by atoms with Gasteiger partial charge >= 0.3 is 12.1 Å². The van der Waals surface area contributed by atoms with Crippen molar-refractivity contribution in [3.63, 3.8) is 0 Å². The van der Waals surface area contributed by atoms with E-state index in [0.717, 1.165) is 24.3 Å². The molecule has 1 aromatic carbocycles. The Hall–Kier alpha value is -2.25. The zero-order valence-corrected chi connectivity index (χ0v) is 10.4. The van der Waals surface area contributed by atoms with E-state index in [1.165, 1.54) is 6.92 Å². The number of rotatable bonds is 5. The maximum Gasteiger partial charge on any atom is 0.416 e. The van der Waals surface area contributed by atoms with Gasteiger partial charge in [0.05, 0.1) is 5.56 Å². The molecule has 0 radical (unpaired) electrons. The van der Waals surface area contributed by atoms with Crippen LogP contribution >= 0.6 is 0 Å². The van der Waals surface area contributed by atoms with Crippen LogP contribution < -0.4 is 10.1 Å². The molecule has 0 fully saturated rings. The number of hydrogen-bond donors (Lipinski definition) is 2. The minimum atomic E-state index is -4.44. The molecule has 1 rings (SSSR count). The molecule has 5 nitrogen and oxygen atoms in total. The Kier molecular flexibility index (Phi) is 4.95. The number of aliphatic carboxylic acids is 1. The number of alkyl halides is 3. The van der Waals surface area contributed by atoms with Crippen LogP contribution in [-0.2, 0) is 15.8 Å². The van der Waals surface area contributed by atoms with Crippen LogP contribution in [0.5, 0.6) is 5.75 Å². The zero-order chi connectivity index (χ0) is 15.3. The predicted octanol–water partition coefficient (Wildman–Crippen LogP) is 1.67. The third-order valence-corrected chi connectivity index (χ3v) is 2.30. The Bertz CT molecular complexity index is 484. The van der Waals surface area contributed by atoms with E-state index in [-0.39, 0.29) is 5.75 Å². The highest BCUT2D eigenvalue weighted by Gasteiger charge is 2.30. The molecule has 0 aliphatic rings. The Balaban J connectivity index is 2.50. The van der Waals surface area contributed by atoms with Gasteiger partial charge in [-0.2, -0.15) is 13.2 Å². The summed E-state index contributed by atoms with van der Waals surface area (Å²) >= 11 is 0. The molecule has 20 heavy (non-hydrogen) atoms. The van der Waals surface area contributed by atoms with Gasteiger partial charge in [-0.05, 0) is 31.2 Å². The molecule has 0 spiro atoms. The van der Waals surface area contributed by atoms with Gasteiger partial charge in [-0.3, -0.25) is 9.59 Å². The Labute approximate surface area is 112 Å². The summed E-state index contributed by atoms with van der Waals surface area (Å²) in [5, 5.41) is 10.7. The summed E-state index contributed by atoms with van der Waals surface area (Å²) in [6, 6.07) is 2.74. The number of nitrogens with one attached hydrogen (secondary N) is 1. The van der Waals surface area contributed by atoms with Gasteiger partial charge < -0.3 is 15.2 Å². The smallest absolute Gasteiger partial charge is 0.416 e. The number of carboxylic acid groups (broad SMARTS) is 1. The SMILES string of the molecule is C[C@H](NC(=O)COc1ccc(C(F)(F)F)cc1)C(=O)O. The molecule has 8 heteroatoms. The molecule has 0 saturated carbocycles. The molecule has 1 atom stereocenters. The Morgan fingerprint density at radius 3 is 2.30 bits per heavy atom. The first kappa shape index (κ1) is 15.8. The molecule has 0 heterocycles. The van der Waals surface area contributed by atoms with E-state index in [1.807, 2.05) is 0 Å². The molecule has 0 unspecified atom stereocenters. The number of amides is 1. The molecular weight excluding hydrogens is 279 g/mol. The number of carbonyl (C=O) groups is 2. The van der Waals surface area contributed by atoms with Crippen molar-refractivity contribution in [2.24, 2.45) is 0 Å². The fourth-order valence-electron chi connectivity index (χ4n) is 1.23. The number of hydrogen-bond acceptors (Lipinski definition) is 3. The van der Waals surface area contributed by atoms with Crippen LogP contribution in [-0.4, -0.2) is 29.6 Å². The summed E-state index contributed by atoms with van der Waals surface area (Å²) in [7, 11) is 0. The lowest BCUT2D eigenvalue weighted by atomic mass is 10.2. The molecular formula is C12H12F3NO4. The number of halogens is 3. The van der Waals surface area contributed by atoms with E-state index in [0.29, 0.717) is 0 Å². The second-order valence-corrected chi connectivity index (χ2v) is 3.94. The van der Waals surface area contributed by atoms with E-state index in [4.69, 9.17) is 9.84 Å². The fraction of sp³-hybridized carbons (Fsp3) is 0.333. The molecule has 0 aromatic heterocycles. The van der Waals surface area contributed by atoms with Crippen LogP contribution in [0.15, 0.2) is 24.3 Å². The predicted molar refractivity (Wildman–Crippen MR) is 62.2 cm³/mol. The monoisotopic (exact) mass is 291 g/mol. The molecule has 110 valence electrons. The highest BCUT2D eigenvalue weighted by atomic mass is 19.4. The van der Waals surface area contributed by atoms with Crippen molar-refractivity contribution in [3.05, 3.63) is 29.8 Å². The number of carbonyl (C=O) groups excluding carboxylic acids is 1. The van der Waals surface area contributed by atoms with Crippen LogP contribution in [0.25, 0.3) is 0 Å². The first-order valence-electron chi connectivity index (χ1n) is 5.52. The average molecular weight is 291 g/mol. The molecule has 0 bridgehead atoms. The largest absolute Gasteiger partial charge is 0.484 e. The highest BCUT2D eigenvalue weighted by Crippen LogP contribution is 2.30. The van der Waals surface area contributed by atoms with Crippen molar-refractivity contribution in [2.75, 3.05) is 6.61 Å². The minimum absolute atomic E-state index is 0.0797. The second kappa shape index (κ2) is 6.27. The van der Waals surface area contributed by atoms with Gasteiger partial charge in [0.2, 0.25) is 0 Å². The number of benzene rings is 1. The quantitative estimate of drug-likeness (QED) is 0.865. The van der Waals surface area contributed by atoms with Crippen molar-refractivity contribution in [3.8, 4) is 5.75 Å². The molecule has 1 aromatic rings. The highest BCUT2D eigenvalue weighted by molar-refractivity contribution is 5.84. The molecule has 0 aliphatic heterocycles. The summed E-state index contributed by atoms with van der Waals surface area (Å²) in [4.78, 5) is 21.8. The summed E-state index contributed by atoms with van der Waals surface area (Å²) < 4.78 is 41.8. The van der Waals surface area contributed by atoms with Crippen LogP contribution in [0.1, 0.15) is 12.5 Å². The van der Waals surface area contributed by atoms with E-state index in [9.17, 15) is 22.8 Å². The fourth-order valence-corrected chi connectivity index (χ4v) is 1.23. The maximum absolute atomic E-state index is 12.3. The minimum Gasteiger partial charge on any atom is -0.484 e. The van der Waals surface area contributed by atoms with E-state index < -0.39 is 36.3 Å². The Morgan fingerprint density at radius 2 is 1.85 bits per heavy atom. The molecule has 0 aliphatic carbocycles. The number of ether oxygens (including phenoxy) is 1. The third-order valence-electron chi connectivity index (χ3n) is 2.30. The molecule has 1 amide bonds. The van der Waals surface area contributed by atoms with Crippen molar-refractivity contribution >= 4 is 11.9 Å². The maximum atomic E-state index is 12.3. The summed E-state index contributed by atoms with van der Waals surface area (Å²) in [5.41, 5.74) is -0.825. The van der Waals surface area contributed by atoms with Crippen molar-refractivity contribution < 1.29 is 32.6 Å². The van der Waals surface area contributed by atoms with Crippen molar-refractivity contribution in [1.82, 2.24) is 5.32 Å². The lowest BCUT2D eigenvalue weighted by molar-refractivity contribution is -0.141. The van der Waals surface area contributed by atoms with E-state index >= 15 is 0 Å². The second-order valence-electron chi connectivity index (χ2n) is 3.94. The first-order chi connectivity index (χ1) is 9.20. The van der Waals surface area contributed by atoms with Crippen LogP contribution in [0.2, 0.25) is 0 Å². The summed E-state index contributed by atoms with van der Waals surface area (Å²) in [6.07, 6.45) is -4.44. The first-order valence-corrected chi connectivity index (χ1v) is 5.52. The summed E-state index contributed by atoms with van der Waals surface area (Å²) in [5.74, 6) is -1.80. The van der Waals surface area contributed by atoms with Gasteiger partial charge in [0.25, 0.3) is 5.91 Å². The van der Waals surface area contributed by atoms with Crippen molar-refractivity contribution in [2.45, 2.75) is 19.1 Å². The lowest BCUT2D eigenvalue weighted by Gasteiger charge is -2.11. The van der Waals surface area contributed by atoms with E-state index in [2.05, 4.69) is 5.32 Å². The zero-order valence-electron chi connectivity index (χ0n) is 10.4. The number of carboxylic acids is 1. The normalized spacial score (nSPS) is 12.6. The summed E-state index contributed by atoms with van der Waals surface area (Å²) in [6.45, 7) is 0.793. The van der Waals surface area contributed by atoms with Gasteiger partial charge in [-0.15, -0.1) is 0 Å². The van der Waals surface area contributed by atoms with Gasteiger partial charge in [-0.1, -0.05) is 0 Å². The third kappa shape index (κ3) is 4.79. The Morgan fingerprint density at radius 1 is 1.30 bits per heavy atom. The van der Waals surface area contributed by atoms with Gasteiger partial charge in [0.1, 0.15) is 11.8 Å². The topological polar surface area (TPSA) is 75.6 Å². The van der Waals surface area contributed by atoms with Gasteiger partial charge in [0, 0.05) is 0 Å². The lowest BCUT2D eigenvalue weighted by Crippen LogP contribution is -2.40. The standard InChI is InChI=1S/C12H12F3NO4/c1-7(11(18)19)16-10(17)6-20-9-4-2-8(3-5-9)12(13,14)15/h2-5,7H,6H2,1H3,(H,16,17)(H,18,19)/t7-/m0/s1. The molecule has 0 saturated heterocycles. The van der Waals surface area contributed by atoms with Crippen LogP contribution in [0.3, 0.4) is 0 Å². The van der Waals surface area contributed by atoms with Crippen molar-refractivity contribution in [1.29, 1.82) is 0 Å². The van der Waals surface area contributed by atoms with Gasteiger partial charge in [-0.25, -0.2) is 0 Å². The van der Waals surface area contributed by atoms with Crippen LogP contribution in [0.4, 0.5) is 13.2 Å². The average Bonchev–Trinajstić information content (AvgIpc) is 2.35. The van der Waals surface area contributed by atoms with Crippen LogP contribution in [0, 0.1) is 0 Å². The molecule has 2 N–H and O–H groups in total. The van der Waals surface area contributed by atoms with Gasteiger partial charge in [0.15, 0.2) is 6.61 Å².